The fourth-order valence-electron chi connectivity index (χ4n) is 2.29. The minimum absolute atomic E-state index is 0.00606. The average molecular weight is 320 g/mol. The van der Waals surface area contributed by atoms with Gasteiger partial charge in [-0.1, -0.05) is 19.8 Å². The van der Waals surface area contributed by atoms with E-state index in [4.69, 9.17) is 4.74 Å². The molecule has 0 aliphatic carbocycles. The molecule has 0 atom stereocenters. The molecule has 2 rings (SSSR count). The van der Waals surface area contributed by atoms with Gasteiger partial charge in [-0.3, -0.25) is 10.1 Å². The van der Waals surface area contributed by atoms with Crippen LogP contribution in [0.3, 0.4) is 0 Å². The zero-order valence-corrected chi connectivity index (χ0v) is 13.9. The summed E-state index contributed by atoms with van der Waals surface area (Å²) >= 11 is 1.68. The number of pyridine rings is 1. The van der Waals surface area contributed by atoms with Crippen LogP contribution in [0.25, 0.3) is 10.9 Å². The third kappa shape index (κ3) is 3.50. The lowest BCUT2D eigenvalue weighted by molar-refractivity contribution is -0.383. The van der Waals surface area contributed by atoms with Crippen molar-refractivity contribution in [2.24, 2.45) is 0 Å². The third-order valence-corrected chi connectivity index (χ3v) is 4.63. The topological polar surface area (TPSA) is 65.3 Å². The van der Waals surface area contributed by atoms with Crippen LogP contribution in [0.5, 0.6) is 5.75 Å². The normalized spacial score (nSPS) is 10.9. The lowest BCUT2D eigenvalue weighted by atomic mass is 10.1. The van der Waals surface area contributed by atoms with Crippen molar-refractivity contribution in [1.29, 1.82) is 0 Å². The SMILES string of the molecule is CCCCCSc1c(OC)cc([N+](=O)[O-])c2nc(C)ccc12. The van der Waals surface area contributed by atoms with Crippen LogP contribution in [-0.2, 0) is 0 Å². The molecule has 0 fully saturated rings. The Morgan fingerprint density at radius 2 is 2.14 bits per heavy atom. The summed E-state index contributed by atoms with van der Waals surface area (Å²) in [5.74, 6) is 1.51. The molecule has 0 amide bonds. The number of ether oxygens (including phenoxy) is 1. The Morgan fingerprint density at radius 3 is 2.77 bits per heavy atom. The zero-order valence-electron chi connectivity index (χ0n) is 13.1. The first-order valence-electron chi connectivity index (χ1n) is 7.34. The first kappa shape index (κ1) is 16.5. The van der Waals surface area contributed by atoms with Crippen LogP contribution in [0.4, 0.5) is 5.69 Å². The van der Waals surface area contributed by atoms with Gasteiger partial charge in [0, 0.05) is 11.1 Å². The van der Waals surface area contributed by atoms with Gasteiger partial charge >= 0.3 is 0 Å². The molecule has 0 saturated carbocycles. The van der Waals surface area contributed by atoms with Crippen LogP contribution < -0.4 is 4.74 Å². The molecule has 1 aromatic carbocycles. The highest BCUT2D eigenvalue weighted by Crippen LogP contribution is 2.41. The van der Waals surface area contributed by atoms with E-state index in [0.29, 0.717) is 11.3 Å². The van der Waals surface area contributed by atoms with E-state index in [9.17, 15) is 10.1 Å². The number of aryl methyl sites for hydroxylation is 1. The number of nitro benzene ring substituents is 1. The predicted octanol–water partition coefficient (Wildman–Crippen LogP) is 4.74. The minimum Gasteiger partial charge on any atom is -0.495 e. The van der Waals surface area contributed by atoms with Gasteiger partial charge in [-0.25, -0.2) is 4.98 Å². The highest BCUT2D eigenvalue weighted by molar-refractivity contribution is 7.99. The molecule has 0 aliphatic rings. The Balaban J connectivity index is 2.53. The van der Waals surface area contributed by atoms with Crippen molar-refractivity contribution in [2.75, 3.05) is 12.9 Å². The maximum absolute atomic E-state index is 11.3. The Kier molecular flexibility index (Phi) is 5.60. The molecule has 0 unspecified atom stereocenters. The second kappa shape index (κ2) is 7.45. The number of nitro groups is 1. The van der Waals surface area contributed by atoms with Gasteiger partial charge < -0.3 is 4.74 Å². The summed E-state index contributed by atoms with van der Waals surface area (Å²) in [5, 5.41) is 12.1. The third-order valence-electron chi connectivity index (χ3n) is 3.42. The van der Waals surface area contributed by atoms with Crippen LogP contribution in [0.2, 0.25) is 0 Å². The molecule has 5 nitrogen and oxygen atoms in total. The lowest BCUT2D eigenvalue weighted by Gasteiger charge is -2.12. The summed E-state index contributed by atoms with van der Waals surface area (Å²) < 4.78 is 5.38. The van der Waals surface area contributed by atoms with Gasteiger partial charge in [0.1, 0.15) is 11.3 Å². The van der Waals surface area contributed by atoms with Crippen LogP contribution >= 0.6 is 11.8 Å². The number of non-ortho nitro benzene ring substituents is 1. The first-order chi connectivity index (χ1) is 10.6. The number of hydrogen-bond donors (Lipinski definition) is 0. The minimum atomic E-state index is -0.400. The van der Waals surface area contributed by atoms with Crippen molar-refractivity contribution in [3.8, 4) is 5.75 Å². The fourth-order valence-corrected chi connectivity index (χ4v) is 3.45. The largest absolute Gasteiger partial charge is 0.495 e. The molecule has 2 aromatic rings. The van der Waals surface area contributed by atoms with Gasteiger partial charge in [-0.2, -0.15) is 0 Å². The predicted molar refractivity (Wildman–Crippen MR) is 89.9 cm³/mol. The monoisotopic (exact) mass is 320 g/mol. The van der Waals surface area contributed by atoms with E-state index in [-0.39, 0.29) is 5.69 Å². The molecule has 6 heteroatoms. The molecule has 0 saturated heterocycles. The van der Waals surface area contributed by atoms with Gasteiger partial charge in [0.2, 0.25) is 0 Å². The number of methoxy groups -OCH3 is 1. The van der Waals surface area contributed by atoms with E-state index in [1.165, 1.54) is 18.9 Å². The summed E-state index contributed by atoms with van der Waals surface area (Å²) in [6.07, 6.45) is 3.46. The molecular weight excluding hydrogens is 300 g/mol. The van der Waals surface area contributed by atoms with Crippen molar-refractivity contribution in [3.63, 3.8) is 0 Å². The summed E-state index contributed by atoms with van der Waals surface area (Å²) in [6.45, 7) is 4.00. The van der Waals surface area contributed by atoms with Crippen LogP contribution in [0.15, 0.2) is 23.1 Å². The summed E-state index contributed by atoms with van der Waals surface area (Å²) in [5.41, 5.74) is 1.19. The van der Waals surface area contributed by atoms with E-state index in [2.05, 4.69) is 11.9 Å². The molecule has 22 heavy (non-hydrogen) atoms. The van der Waals surface area contributed by atoms with Gasteiger partial charge in [-0.15, -0.1) is 11.8 Å². The standard InChI is InChI=1S/C16H20N2O3S/c1-4-5-6-9-22-16-12-8-7-11(2)17-15(12)13(18(19)20)10-14(16)21-3/h7-8,10H,4-6,9H2,1-3H3. The summed E-state index contributed by atoms with van der Waals surface area (Å²) in [6, 6.07) is 5.26. The van der Waals surface area contributed by atoms with Crippen molar-refractivity contribution < 1.29 is 9.66 Å². The number of aromatic nitrogens is 1. The van der Waals surface area contributed by atoms with E-state index in [0.717, 1.165) is 28.1 Å². The Hall–Kier alpha value is -1.82. The highest BCUT2D eigenvalue weighted by atomic mass is 32.2. The van der Waals surface area contributed by atoms with Crippen molar-refractivity contribution >= 4 is 28.4 Å². The van der Waals surface area contributed by atoms with Gasteiger partial charge in [0.15, 0.2) is 0 Å². The zero-order chi connectivity index (χ0) is 16.1. The van der Waals surface area contributed by atoms with Gasteiger partial charge in [0.25, 0.3) is 5.69 Å². The smallest absolute Gasteiger partial charge is 0.299 e. The van der Waals surface area contributed by atoms with Gasteiger partial charge in [0.05, 0.1) is 23.0 Å². The van der Waals surface area contributed by atoms with Crippen molar-refractivity contribution in [1.82, 2.24) is 4.98 Å². The lowest BCUT2D eigenvalue weighted by Crippen LogP contribution is -1.97. The second-order valence-corrected chi connectivity index (χ2v) is 6.19. The van der Waals surface area contributed by atoms with Crippen LogP contribution in [-0.4, -0.2) is 22.8 Å². The Morgan fingerprint density at radius 1 is 1.36 bits per heavy atom. The molecule has 1 heterocycles. The maximum Gasteiger partial charge on any atom is 0.299 e. The van der Waals surface area contributed by atoms with Crippen molar-refractivity contribution in [3.05, 3.63) is 34.0 Å². The molecule has 1 aromatic heterocycles. The maximum atomic E-state index is 11.3. The molecule has 0 N–H and O–H groups in total. The van der Waals surface area contributed by atoms with E-state index in [1.54, 1.807) is 18.9 Å². The summed E-state index contributed by atoms with van der Waals surface area (Å²) in [7, 11) is 1.54. The van der Waals surface area contributed by atoms with Crippen LogP contribution in [0, 0.1) is 17.0 Å². The summed E-state index contributed by atoms with van der Waals surface area (Å²) in [4.78, 5) is 16.2. The van der Waals surface area contributed by atoms with Crippen LogP contribution in [0.1, 0.15) is 31.9 Å². The van der Waals surface area contributed by atoms with Gasteiger partial charge in [-0.05, 0) is 31.2 Å². The highest BCUT2D eigenvalue weighted by Gasteiger charge is 2.21. The van der Waals surface area contributed by atoms with Crippen molar-refractivity contribution in [2.45, 2.75) is 38.0 Å². The number of benzene rings is 1. The number of hydrogen-bond acceptors (Lipinski definition) is 5. The number of rotatable bonds is 7. The molecular formula is C16H20N2O3S. The molecule has 0 radical (unpaired) electrons. The number of nitrogens with zero attached hydrogens (tertiary/aromatic N) is 2. The average Bonchev–Trinajstić information content (AvgIpc) is 2.50. The number of unbranched alkanes of at least 4 members (excludes halogenated alkanes) is 2. The molecule has 0 spiro atoms. The number of fused-ring (bicyclic) bond motifs is 1. The molecule has 0 bridgehead atoms. The first-order valence-corrected chi connectivity index (χ1v) is 8.32. The van der Waals surface area contributed by atoms with E-state index < -0.39 is 4.92 Å². The fraction of sp³-hybridized carbons (Fsp3) is 0.438. The Bertz CT molecular complexity index is 689. The van der Waals surface area contributed by atoms with E-state index in [1.807, 2.05) is 19.1 Å². The Labute approximate surface area is 134 Å². The number of thioether (sulfide) groups is 1. The molecule has 118 valence electrons. The quantitative estimate of drug-likeness (QED) is 0.319. The molecule has 0 aliphatic heterocycles. The second-order valence-electron chi connectivity index (χ2n) is 5.09. The van der Waals surface area contributed by atoms with E-state index >= 15 is 0 Å².